The summed E-state index contributed by atoms with van der Waals surface area (Å²) in [6, 6.07) is 14.4. The fourth-order valence-electron chi connectivity index (χ4n) is 2.38. The van der Waals surface area contributed by atoms with Crippen LogP contribution in [0.4, 0.5) is 4.39 Å². The van der Waals surface area contributed by atoms with Gasteiger partial charge in [-0.05, 0) is 30.2 Å². The number of aliphatic imine (C=N–C) groups is 1. The van der Waals surface area contributed by atoms with Gasteiger partial charge in [0.05, 0.1) is 18.2 Å². The lowest BCUT2D eigenvalue weighted by molar-refractivity contribution is 0.265. The highest BCUT2D eigenvalue weighted by atomic mass is 127. The summed E-state index contributed by atoms with van der Waals surface area (Å²) < 4.78 is 13.2. The topological polar surface area (TPSA) is 56.7 Å². The number of guanidine groups is 1. The second kappa shape index (κ2) is 12.1. The standard InChI is InChI=1S/C19H23ClFN3O.HI/c1-2-22-19(23-11-14-8-9-18(21)17(20)10-14)24-12-16(13-25)15-6-4-3-5-7-15;/h3-10,16,25H,2,11-13H2,1H3,(H2,22,23,24);1H. The molecule has 3 N–H and O–H groups in total. The summed E-state index contributed by atoms with van der Waals surface area (Å²) in [6.45, 7) is 3.67. The monoisotopic (exact) mass is 491 g/mol. The molecule has 1 unspecified atom stereocenters. The van der Waals surface area contributed by atoms with Crippen LogP contribution >= 0.6 is 35.6 Å². The van der Waals surface area contributed by atoms with Gasteiger partial charge in [0, 0.05) is 19.0 Å². The van der Waals surface area contributed by atoms with E-state index in [4.69, 9.17) is 11.6 Å². The molecule has 0 spiro atoms. The van der Waals surface area contributed by atoms with Gasteiger partial charge in [-0.15, -0.1) is 24.0 Å². The average molecular weight is 492 g/mol. The Balaban J connectivity index is 0.00000338. The number of benzene rings is 2. The summed E-state index contributed by atoms with van der Waals surface area (Å²) in [5.41, 5.74) is 1.89. The normalized spacial score (nSPS) is 12.2. The van der Waals surface area contributed by atoms with E-state index >= 15 is 0 Å². The molecule has 0 saturated carbocycles. The van der Waals surface area contributed by atoms with Gasteiger partial charge in [0.25, 0.3) is 0 Å². The lowest BCUT2D eigenvalue weighted by atomic mass is 10.0. The number of aliphatic hydroxyl groups excluding tert-OH is 1. The van der Waals surface area contributed by atoms with E-state index in [-0.39, 0.29) is 41.5 Å². The van der Waals surface area contributed by atoms with E-state index in [0.29, 0.717) is 25.6 Å². The molecule has 0 aliphatic carbocycles. The van der Waals surface area contributed by atoms with E-state index in [1.165, 1.54) is 6.07 Å². The molecule has 0 aromatic heterocycles. The number of rotatable bonds is 7. The predicted molar refractivity (Wildman–Crippen MR) is 116 cm³/mol. The Morgan fingerprint density at radius 3 is 2.54 bits per heavy atom. The number of nitrogens with one attached hydrogen (secondary N) is 2. The van der Waals surface area contributed by atoms with E-state index < -0.39 is 5.82 Å². The van der Waals surface area contributed by atoms with Crippen LogP contribution in [0.3, 0.4) is 0 Å². The highest BCUT2D eigenvalue weighted by Crippen LogP contribution is 2.16. The summed E-state index contributed by atoms with van der Waals surface area (Å²) in [7, 11) is 0. The fraction of sp³-hybridized carbons (Fsp3) is 0.316. The minimum atomic E-state index is -0.437. The molecule has 0 aliphatic rings. The van der Waals surface area contributed by atoms with E-state index in [2.05, 4.69) is 15.6 Å². The summed E-state index contributed by atoms with van der Waals surface area (Å²) in [5.74, 6) is 0.177. The largest absolute Gasteiger partial charge is 0.396 e. The first-order chi connectivity index (χ1) is 12.1. The van der Waals surface area contributed by atoms with Crippen LogP contribution < -0.4 is 10.6 Å². The Labute approximate surface area is 175 Å². The Kier molecular flexibility index (Phi) is 10.5. The van der Waals surface area contributed by atoms with Crippen LogP contribution in [-0.2, 0) is 6.54 Å². The molecule has 0 radical (unpaired) electrons. The van der Waals surface area contributed by atoms with Crippen molar-refractivity contribution in [3.63, 3.8) is 0 Å². The van der Waals surface area contributed by atoms with Crippen molar-refractivity contribution in [2.45, 2.75) is 19.4 Å². The molecule has 2 aromatic rings. The molecule has 4 nitrogen and oxygen atoms in total. The van der Waals surface area contributed by atoms with Gasteiger partial charge in [0.1, 0.15) is 5.82 Å². The van der Waals surface area contributed by atoms with E-state index in [0.717, 1.165) is 11.1 Å². The zero-order valence-electron chi connectivity index (χ0n) is 14.6. The number of hydrogen-bond donors (Lipinski definition) is 3. The van der Waals surface area contributed by atoms with Crippen LogP contribution in [0.15, 0.2) is 53.5 Å². The van der Waals surface area contributed by atoms with Gasteiger partial charge in [-0.25, -0.2) is 9.38 Å². The summed E-state index contributed by atoms with van der Waals surface area (Å²) in [6.07, 6.45) is 0. The Morgan fingerprint density at radius 2 is 1.92 bits per heavy atom. The molecule has 1 atom stereocenters. The molecule has 7 heteroatoms. The maximum Gasteiger partial charge on any atom is 0.191 e. The Hall–Kier alpha value is -1.38. The van der Waals surface area contributed by atoms with Crippen LogP contribution in [0.5, 0.6) is 0 Å². The lowest BCUT2D eigenvalue weighted by Gasteiger charge is -2.18. The summed E-state index contributed by atoms with van der Waals surface area (Å²) >= 11 is 5.80. The van der Waals surface area contributed by atoms with E-state index in [1.54, 1.807) is 12.1 Å². The van der Waals surface area contributed by atoms with Gasteiger partial charge < -0.3 is 15.7 Å². The third kappa shape index (κ3) is 7.09. The van der Waals surface area contributed by atoms with E-state index in [1.807, 2.05) is 37.3 Å². The second-order valence-corrected chi connectivity index (χ2v) is 6.02. The molecule has 2 aromatic carbocycles. The maximum absolute atomic E-state index is 13.2. The smallest absolute Gasteiger partial charge is 0.191 e. The van der Waals surface area contributed by atoms with Crippen molar-refractivity contribution in [3.8, 4) is 0 Å². The molecule has 0 fully saturated rings. The number of halogens is 3. The predicted octanol–water partition coefficient (Wildman–Crippen LogP) is 3.93. The lowest BCUT2D eigenvalue weighted by Crippen LogP contribution is -2.39. The molecule has 26 heavy (non-hydrogen) atoms. The quantitative estimate of drug-likeness (QED) is 0.313. The molecule has 0 bridgehead atoms. The SMILES string of the molecule is CCNC(=NCc1ccc(F)c(Cl)c1)NCC(CO)c1ccccc1.I. The molecule has 0 heterocycles. The third-order valence-electron chi connectivity index (χ3n) is 3.76. The van der Waals surface area contributed by atoms with Gasteiger partial charge in [-0.2, -0.15) is 0 Å². The Morgan fingerprint density at radius 1 is 1.19 bits per heavy atom. The molecular formula is C19H24ClFIN3O. The number of nitrogens with zero attached hydrogens (tertiary/aromatic N) is 1. The van der Waals surface area contributed by atoms with Crippen molar-refractivity contribution in [2.24, 2.45) is 4.99 Å². The molecule has 0 aliphatic heterocycles. The maximum atomic E-state index is 13.2. The second-order valence-electron chi connectivity index (χ2n) is 5.61. The van der Waals surface area contributed by atoms with Crippen molar-refractivity contribution < 1.29 is 9.50 Å². The van der Waals surface area contributed by atoms with Crippen molar-refractivity contribution in [1.82, 2.24) is 10.6 Å². The fourth-order valence-corrected chi connectivity index (χ4v) is 2.59. The van der Waals surface area contributed by atoms with Crippen LogP contribution in [0.1, 0.15) is 24.0 Å². The minimum Gasteiger partial charge on any atom is -0.396 e. The highest BCUT2D eigenvalue weighted by molar-refractivity contribution is 14.0. The zero-order chi connectivity index (χ0) is 18.1. The van der Waals surface area contributed by atoms with Gasteiger partial charge in [-0.1, -0.05) is 48.0 Å². The van der Waals surface area contributed by atoms with Crippen LogP contribution in [0, 0.1) is 5.82 Å². The Bertz CT molecular complexity index is 700. The summed E-state index contributed by atoms with van der Waals surface area (Å²) in [5, 5.41) is 16.1. The van der Waals surface area contributed by atoms with Crippen molar-refractivity contribution in [3.05, 3.63) is 70.5 Å². The van der Waals surface area contributed by atoms with Crippen molar-refractivity contribution in [1.29, 1.82) is 0 Å². The molecule has 142 valence electrons. The van der Waals surface area contributed by atoms with Gasteiger partial charge in [-0.3, -0.25) is 0 Å². The first kappa shape index (κ1) is 22.7. The van der Waals surface area contributed by atoms with Crippen LogP contribution in [0.25, 0.3) is 0 Å². The van der Waals surface area contributed by atoms with Gasteiger partial charge >= 0.3 is 0 Å². The minimum absolute atomic E-state index is 0. The third-order valence-corrected chi connectivity index (χ3v) is 4.04. The summed E-state index contributed by atoms with van der Waals surface area (Å²) in [4.78, 5) is 4.49. The zero-order valence-corrected chi connectivity index (χ0v) is 17.7. The van der Waals surface area contributed by atoms with Crippen LogP contribution in [-0.4, -0.2) is 30.8 Å². The molecule has 0 saturated heterocycles. The average Bonchev–Trinajstić information content (AvgIpc) is 2.63. The van der Waals surface area contributed by atoms with E-state index in [9.17, 15) is 9.50 Å². The molecule has 0 amide bonds. The highest BCUT2D eigenvalue weighted by Gasteiger charge is 2.10. The van der Waals surface area contributed by atoms with Crippen molar-refractivity contribution >= 4 is 41.5 Å². The molecular weight excluding hydrogens is 468 g/mol. The van der Waals surface area contributed by atoms with Crippen molar-refractivity contribution in [2.75, 3.05) is 19.7 Å². The number of hydrogen-bond acceptors (Lipinski definition) is 2. The van der Waals surface area contributed by atoms with Gasteiger partial charge in [0.2, 0.25) is 0 Å². The van der Waals surface area contributed by atoms with Crippen LogP contribution in [0.2, 0.25) is 5.02 Å². The molecule has 2 rings (SSSR count). The first-order valence-electron chi connectivity index (χ1n) is 8.26. The number of aliphatic hydroxyl groups is 1. The first-order valence-corrected chi connectivity index (χ1v) is 8.63. The van der Waals surface area contributed by atoms with Gasteiger partial charge in [0.15, 0.2) is 5.96 Å².